The summed E-state index contributed by atoms with van der Waals surface area (Å²) in [7, 11) is 0. The lowest BCUT2D eigenvalue weighted by Gasteiger charge is -2.07. The molecule has 5 heteroatoms. The van der Waals surface area contributed by atoms with Gasteiger partial charge in [-0.2, -0.15) is 0 Å². The lowest BCUT2D eigenvalue weighted by molar-refractivity contribution is 0.0921. The number of Topliss-reactive ketones (excluding diaryl/α,β-unsaturated/α-hetero) is 1. The van der Waals surface area contributed by atoms with E-state index in [1.54, 1.807) is 36.4 Å². The van der Waals surface area contributed by atoms with E-state index in [1.807, 2.05) is 0 Å². The zero-order valence-electron chi connectivity index (χ0n) is 10.3. The maximum absolute atomic E-state index is 12.0. The summed E-state index contributed by atoms with van der Waals surface area (Å²) in [6.07, 6.45) is 0.739. The molecule has 0 amide bonds. The predicted octanol–water partition coefficient (Wildman–Crippen LogP) is 4.07. The summed E-state index contributed by atoms with van der Waals surface area (Å²) in [6, 6.07) is 11.1. The number of ketones is 1. The highest BCUT2D eigenvalue weighted by molar-refractivity contribution is 6.36. The standard InChI is InChI=1S/C15H10Cl2O3/c16-11-3-6-13(14(17)7-11)15(19)9-20-12-4-1-10(8-18)2-5-12/h1-8H,9H2. The van der Waals surface area contributed by atoms with E-state index in [2.05, 4.69) is 0 Å². The highest BCUT2D eigenvalue weighted by atomic mass is 35.5. The Bertz CT molecular complexity index is 636. The van der Waals surface area contributed by atoms with Crippen molar-refractivity contribution in [1.29, 1.82) is 0 Å². The fourth-order valence-corrected chi connectivity index (χ4v) is 2.10. The van der Waals surface area contributed by atoms with Gasteiger partial charge in [0.05, 0.1) is 5.02 Å². The van der Waals surface area contributed by atoms with Gasteiger partial charge in [-0.15, -0.1) is 0 Å². The molecule has 2 aromatic carbocycles. The molecule has 2 rings (SSSR count). The van der Waals surface area contributed by atoms with E-state index in [-0.39, 0.29) is 12.4 Å². The van der Waals surface area contributed by atoms with Crippen molar-refractivity contribution in [1.82, 2.24) is 0 Å². The Morgan fingerprint density at radius 3 is 2.40 bits per heavy atom. The van der Waals surface area contributed by atoms with Gasteiger partial charge in [-0.1, -0.05) is 23.2 Å². The van der Waals surface area contributed by atoms with Crippen LogP contribution in [0, 0.1) is 0 Å². The summed E-state index contributed by atoms with van der Waals surface area (Å²) in [5.74, 6) is 0.264. The van der Waals surface area contributed by atoms with Gasteiger partial charge >= 0.3 is 0 Å². The Kier molecular flexibility index (Phi) is 4.77. The van der Waals surface area contributed by atoms with E-state index in [9.17, 15) is 9.59 Å². The minimum Gasteiger partial charge on any atom is -0.485 e. The second kappa shape index (κ2) is 6.55. The maximum Gasteiger partial charge on any atom is 0.201 e. The third-order valence-corrected chi connectivity index (χ3v) is 3.17. The van der Waals surface area contributed by atoms with Gasteiger partial charge in [-0.05, 0) is 42.5 Å². The molecule has 102 valence electrons. The Hall–Kier alpha value is -1.84. The van der Waals surface area contributed by atoms with Crippen molar-refractivity contribution in [2.24, 2.45) is 0 Å². The number of carbonyl (C=O) groups is 2. The van der Waals surface area contributed by atoms with Crippen LogP contribution in [0.1, 0.15) is 20.7 Å². The van der Waals surface area contributed by atoms with Crippen molar-refractivity contribution in [2.75, 3.05) is 6.61 Å². The molecule has 0 spiro atoms. The minimum absolute atomic E-state index is 0.137. The van der Waals surface area contributed by atoms with E-state index >= 15 is 0 Å². The predicted molar refractivity (Wildman–Crippen MR) is 78.1 cm³/mol. The number of hydrogen-bond donors (Lipinski definition) is 0. The second-order valence-corrected chi connectivity index (χ2v) is 4.87. The lowest BCUT2D eigenvalue weighted by Crippen LogP contribution is -2.12. The molecule has 2 aromatic rings. The SMILES string of the molecule is O=Cc1ccc(OCC(=O)c2ccc(Cl)cc2Cl)cc1. The lowest BCUT2D eigenvalue weighted by atomic mass is 10.1. The highest BCUT2D eigenvalue weighted by Crippen LogP contribution is 2.21. The van der Waals surface area contributed by atoms with Gasteiger partial charge in [0.25, 0.3) is 0 Å². The largest absolute Gasteiger partial charge is 0.485 e. The summed E-state index contributed by atoms with van der Waals surface area (Å²) in [6.45, 7) is -0.137. The van der Waals surface area contributed by atoms with Crippen molar-refractivity contribution in [2.45, 2.75) is 0 Å². The summed E-state index contributed by atoms with van der Waals surface area (Å²) in [4.78, 5) is 22.5. The van der Waals surface area contributed by atoms with Crippen LogP contribution in [-0.4, -0.2) is 18.7 Å². The van der Waals surface area contributed by atoms with E-state index in [1.165, 1.54) is 6.07 Å². The van der Waals surface area contributed by atoms with Gasteiger partial charge in [0.2, 0.25) is 5.78 Å². The Labute approximate surface area is 126 Å². The number of hydrogen-bond acceptors (Lipinski definition) is 3. The quantitative estimate of drug-likeness (QED) is 0.618. The van der Waals surface area contributed by atoms with E-state index in [0.29, 0.717) is 26.9 Å². The summed E-state index contributed by atoms with van der Waals surface area (Å²) in [5.41, 5.74) is 0.907. The van der Waals surface area contributed by atoms with Crippen molar-refractivity contribution in [3.8, 4) is 5.75 Å². The number of aldehydes is 1. The summed E-state index contributed by atoms with van der Waals surface area (Å²) >= 11 is 11.7. The van der Waals surface area contributed by atoms with Gasteiger partial charge in [-0.3, -0.25) is 9.59 Å². The average molecular weight is 309 g/mol. The molecule has 20 heavy (non-hydrogen) atoms. The van der Waals surface area contributed by atoms with Crippen molar-refractivity contribution in [3.05, 3.63) is 63.6 Å². The van der Waals surface area contributed by atoms with Crippen LogP contribution in [0.15, 0.2) is 42.5 Å². The fraction of sp³-hybridized carbons (Fsp3) is 0.0667. The number of ether oxygens (including phenoxy) is 1. The van der Waals surface area contributed by atoms with Crippen LogP contribution in [0.5, 0.6) is 5.75 Å². The van der Waals surface area contributed by atoms with Crippen LogP contribution in [0.4, 0.5) is 0 Å². The molecule has 0 heterocycles. The highest BCUT2D eigenvalue weighted by Gasteiger charge is 2.11. The van der Waals surface area contributed by atoms with E-state index in [4.69, 9.17) is 27.9 Å². The molecular formula is C15H10Cl2O3. The topological polar surface area (TPSA) is 43.4 Å². The number of carbonyl (C=O) groups excluding carboxylic acids is 2. The third kappa shape index (κ3) is 3.59. The molecule has 0 bridgehead atoms. The molecule has 0 atom stereocenters. The van der Waals surface area contributed by atoms with Gasteiger partial charge in [0.15, 0.2) is 6.61 Å². The second-order valence-electron chi connectivity index (χ2n) is 4.02. The molecular weight excluding hydrogens is 299 g/mol. The van der Waals surface area contributed by atoms with Crippen LogP contribution in [0.2, 0.25) is 10.0 Å². The molecule has 0 aliphatic rings. The first-order valence-electron chi connectivity index (χ1n) is 5.76. The van der Waals surface area contributed by atoms with Gasteiger partial charge in [-0.25, -0.2) is 0 Å². The molecule has 3 nitrogen and oxygen atoms in total. The average Bonchev–Trinajstić information content (AvgIpc) is 2.45. The molecule has 0 aliphatic heterocycles. The van der Waals surface area contributed by atoms with Crippen LogP contribution >= 0.6 is 23.2 Å². The first-order chi connectivity index (χ1) is 9.60. The van der Waals surface area contributed by atoms with Crippen LogP contribution in [0.25, 0.3) is 0 Å². The normalized spacial score (nSPS) is 10.1. The molecule has 0 saturated heterocycles. The van der Waals surface area contributed by atoms with Gasteiger partial charge < -0.3 is 4.74 Å². The molecule has 0 aromatic heterocycles. The molecule has 0 unspecified atom stereocenters. The smallest absolute Gasteiger partial charge is 0.201 e. The van der Waals surface area contributed by atoms with Crippen molar-refractivity contribution < 1.29 is 14.3 Å². The minimum atomic E-state index is -0.244. The maximum atomic E-state index is 12.0. The van der Waals surface area contributed by atoms with Gasteiger partial charge in [0.1, 0.15) is 12.0 Å². The zero-order chi connectivity index (χ0) is 14.5. The van der Waals surface area contributed by atoms with Crippen molar-refractivity contribution in [3.63, 3.8) is 0 Å². The molecule has 0 saturated carbocycles. The monoisotopic (exact) mass is 308 g/mol. The molecule has 0 radical (unpaired) electrons. The Morgan fingerprint density at radius 2 is 1.80 bits per heavy atom. The van der Waals surface area contributed by atoms with E-state index < -0.39 is 0 Å². The summed E-state index contributed by atoms with van der Waals surface area (Å²) < 4.78 is 5.35. The first kappa shape index (κ1) is 14.6. The number of rotatable bonds is 5. The van der Waals surface area contributed by atoms with Crippen molar-refractivity contribution >= 4 is 35.3 Å². The van der Waals surface area contributed by atoms with Gasteiger partial charge in [0, 0.05) is 16.1 Å². The van der Waals surface area contributed by atoms with E-state index in [0.717, 1.165) is 6.29 Å². The molecule has 0 fully saturated rings. The summed E-state index contributed by atoms with van der Waals surface area (Å²) in [5, 5.41) is 0.763. The molecule has 0 N–H and O–H groups in total. The number of benzene rings is 2. The zero-order valence-corrected chi connectivity index (χ0v) is 11.8. The number of halogens is 2. The Balaban J connectivity index is 2.02. The fourth-order valence-electron chi connectivity index (χ4n) is 1.58. The molecule has 0 aliphatic carbocycles. The van der Waals surface area contributed by atoms with Crippen LogP contribution < -0.4 is 4.74 Å². The Morgan fingerprint density at radius 1 is 1.10 bits per heavy atom. The third-order valence-electron chi connectivity index (χ3n) is 2.62. The van der Waals surface area contributed by atoms with Crippen LogP contribution in [-0.2, 0) is 0 Å². The van der Waals surface area contributed by atoms with Crippen LogP contribution in [0.3, 0.4) is 0 Å². The first-order valence-corrected chi connectivity index (χ1v) is 6.52.